The SMILES string of the molecule is CC(C)NCc1cncc(N(C)C2CCS(=O)(=O)C2)n1. The summed E-state index contributed by atoms with van der Waals surface area (Å²) in [6.07, 6.45) is 4.08. The van der Waals surface area contributed by atoms with E-state index in [0.29, 0.717) is 19.0 Å². The van der Waals surface area contributed by atoms with Crippen LogP contribution in [0.2, 0.25) is 0 Å². The van der Waals surface area contributed by atoms with Crippen LogP contribution in [0.4, 0.5) is 5.82 Å². The molecule has 1 atom stereocenters. The molecule has 0 aliphatic carbocycles. The first-order valence-electron chi connectivity index (χ1n) is 6.85. The Morgan fingerprint density at radius 2 is 2.20 bits per heavy atom. The second kappa shape index (κ2) is 6.05. The molecule has 0 bridgehead atoms. The van der Waals surface area contributed by atoms with Crippen LogP contribution in [0.1, 0.15) is 26.0 Å². The van der Waals surface area contributed by atoms with Crippen molar-refractivity contribution >= 4 is 15.7 Å². The Balaban J connectivity index is 2.06. The molecule has 1 aromatic rings. The van der Waals surface area contributed by atoms with Gasteiger partial charge in [-0.15, -0.1) is 0 Å². The minimum atomic E-state index is -2.88. The van der Waals surface area contributed by atoms with Crippen molar-refractivity contribution in [3.8, 4) is 0 Å². The molecule has 1 aromatic heterocycles. The topological polar surface area (TPSA) is 75.2 Å². The van der Waals surface area contributed by atoms with E-state index >= 15 is 0 Å². The van der Waals surface area contributed by atoms with E-state index in [1.165, 1.54) is 0 Å². The van der Waals surface area contributed by atoms with Gasteiger partial charge in [0.25, 0.3) is 0 Å². The van der Waals surface area contributed by atoms with Gasteiger partial charge in [-0.1, -0.05) is 13.8 Å². The van der Waals surface area contributed by atoms with E-state index < -0.39 is 9.84 Å². The van der Waals surface area contributed by atoms with Crippen molar-refractivity contribution in [2.24, 2.45) is 0 Å². The lowest BCUT2D eigenvalue weighted by Crippen LogP contribution is -2.33. The van der Waals surface area contributed by atoms with Gasteiger partial charge in [-0.05, 0) is 6.42 Å². The van der Waals surface area contributed by atoms with Gasteiger partial charge in [-0.25, -0.2) is 13.4 Å². The van der Waals surface area contributed by atoms with Crippen molar-refractivity contribution in [2.45, 2.75) is 38.9 Å². The summed E-state index contributed by atoms with van der Waals surface area (Å²) < 4.78 is 23.1. The highest BCUT2D eigenvalue weighted by Gasteiger charge is 2.31. The molecular formula is C13H22N4O2S. The van der Waals surface area contributed by atoms with E-state index in [2.05, 4.69) is 29.1 Å². The van der Waals surface area contributed by atoms with Crippen LogP contribution in [-0.2, 0) is 16.4 Å². The predicted octanol–water partition coefficient (Wildman–Crippen LogP) is 0.598. The molecule has 1 unspecified atom stereocenters. The quantitative estimate of drug-likeness (QED) is 0.858. The first-order valence-corrected chi connectivity index (χ1v) is 8.67. The van der Waals surface area contributed by atoms with Crippen molar-refractivity contribution in [3.63, 3.8) is 0 Å². The highest BCUT2D eigenvalue weighted by molar-refractivity contribution is 7.91. The van der Waals surface area contributed by atoms with Crippen LogP contribution in [0.3, 0.4) is 0 Å². The van der Waals surface area contributed by atoms with Crippen LogP contribution in [-0.4, -0.2) is 49.0 Å². The van der Waals surface area contributed by atoms with Crippen molar-refractivity contribution < 1.29 is 8.42 Å². The van der Waals surface area contributed by atoms with Gasteiger partial charge in [-0.3, -0.25) is 4.98 Å². The molecule has 0 saturated carbocycles. The molecule has 1 N–H and O–H groups in total. The van der Waals surface area contributed by atoms with E-state index in [0.717, 1.165) is 11.5 Å². The van der Waals surface area contributed by atoms with Crippen molar-refractivity contribution in [2.75, 3.05) is 23.5 Å². The standard InChI is InChI=1S/C13H22N4O2S/c1-10(2)15-7-11-6-14-8-13(16-11)17(3)12-4-5-20(18,19)9-12/h6,8,10,12,15H,4-5,7,9H2,1-3H3. The lowest BCUT2D eigenvalue weighted by Gasteiger charge is -2.24. The third-order valence-corrected chi connectivity index (χ3v) is 5.23. The van der Waals surface area contributed by atoms with Crippen LogP contribution >= 0.6 is 0 Å². The Bertz CT molecular complexity index is 559. The monoisotopic (exact) mass is 298 g/mol. The van der Waals surface area contributed by atoms with Gasteiger partial charge >= 0.3 is 0 Å². The molecule has 1 saturated heterocycles. The molecule has 2 rings (SSSR count). The van der Waals surface area contributed by atoms with Gasteiger partial charge in [0.1, 0.15) is 5.82 Å². The Hall–Kier alpha value is -1.21. The van der Waals surface area contributed by atoms with E-state index in [1.807, 2.05) is 11.9 Å². The molecule has 1 aliphatic rings. The summed E-state index contributed by atoms with van der Waals surface area (Å²) in [5.74, 6) is 1.21. The van der Waals surface area contributed by atoms with Crippen LogP contribution in [0, 0.1) is 0 Å². The summed E-state index contributed by atoms with van der Waals surface area (Å²) in [5.41, 5.74) is 0.865. The number of aromatic nitrogens is 2. The number of anilines is 1. The number of sulfone groups is 1. The Labute approximate surface area is 120 Å². The lowest BCUT2D eigenvalue weighted by atomic mass is 10.2. The van der Waals surface area contributed by atoms with Crippen molar-refractivity contribution in [1.82, 2.24) is 15.3 Å². The number of hydrogen-bond donors (Lipinski definition) is 1. The Kier molecular flexibility index (Phi) is 4.59. The number of nitrogens with one attached hydrogen (secondary N) is 1. The zero-order chi connectivity index (χ0) is 14.8. The maximum atomic E-state index is 11.5. The number of hydrogen-bond acceptors (Lipinski definition) is 6. The second-order valence-electron chi connectivity index (χ2n) is 5.57. The van der Waals surface area contributed by atoms with Crippen molar-refractivity contribution in [3.05, 3.63) is 18.1 Å². The molecular weight excluding hydrogens is 276 g/mol. The Morgan fingerprint density at radius 1 is 1.45 bits per heavy atom. The molecule has 1 aliphatic heterocycles. The van der Waals surface area contributed by atoms with E-state index in [-0.39, 0.29) is 17.5 Å². The van der Waals surface area contributed by atoms with Gasteiger partial charge in [0, 0.05) is 31.9 Å². The summed E-state index contributed by atoms with van der Waals surface area (Å²) in [6, 6.07) is 0.390. The van der Waals surface area contributed by atoms with Crippen LogP contribution in [0.15, 0.2) is 12.4 Å². The van der Waals surface area contributed by atoms with E-state index in [4.69, 9.17) is 0 Å². The fraction of sp³-hybridized carbons (Fsp3) is 0.692. The highest BCUT2D eigenvalue weighted by atomic mass is 32.2. The third-order valence-electron chi connectivity index (χ3n) is 3.48. The van der Waals surface area contributed by atoms with Crippen LogP contribution in [0.25, 0.3) is 0 Å². The first-order chi connectivity index (χ1) is 9.37. The zero-order valence-corrected chi connectivity index (χ0v) is 13.0. The average Bonchev–Trinajstić information content (AvgIpc) is 2.76. The predicted molar refractivity (Wildman–Crippen MR) is 79.5 cm³/mol. The summed E-state index contributed by atoms with van der Waals surface area (Å²) in [4.78, 5) is 10.7. The minimum absolute atomic E-state index is 0.00241. The molecule has 0 aromatic carbocycles. The third kappa shape index (κ3) is 3.89. The normalized spacial score (nSPS) is 21.3. The van der Waals surface area contributed by atoms with Crippen molar-refractivity contribution in [1.29, 1.82) is 0 Å². The van der Waals surface area contributed by atoms with Gasteiger partial charge in [0.05, 0.1) is 23.4 Å². The second-order valence-corrected chi connectivity index (χ2v) is 7.80. The minimum Gasteiger partial charge on any atom is -0.354 e. The largest absolute Gasteiger partial charge is 0.354 e. The van der Waals surface area contributed by atoms with Gasteiger partial charge < -0.3 is 10.2 Å². The molecule has 2 heterocycles. The fourth-order valence-corrected chi connectivity index (χ4v) is 4.00. The van der Waals surface area contributed by atoms with E-state index in [1.54, 1.807) is 12.4 Å². The number of nitrogens with zero attached hydrogens (tertiary/aromatic N) is 3. The number of rotatable bonds is 5. The molecule has 20 heavy (non-hydrogen) atoms. The fourth-order valence-electron chi connectivity index (χ4n) is 2.23. The summed E-state index contributed by atoms with van der Waals surface area (Å²) in [5, 5.41) is 3.29. The summed E-state index contributed by atoms with van der Waals surface area (Å²) >= 11 is 0. The highest BCUT2D eigenvalue weighted by Crippen LogP contribution is 2.20. The lowest BCUT2D eigenvalue weighted by molar-refractivity contribution is 0.578. The maximum absolute atomic E-state index is 11.5. The smallest absolute Gasteiger partial charge is 0.152 e. The molecule has 0 radical (unpaired) electrons. The average molecular weight is 298 g/mol. The summed E-state index contributed by atoms with van der Waals surface area (Å²) in [6.45, 7) is 4.81. The molecule has 0 amide bonds. The van der Waals surface area contributed by atoms with Gasteiger partial charge in [0.15, 0.2) is 9.84 Å². The maximum Gasteiger partial charge on any atom is 0.152 e. The first kappa shape index (κ1) is 15.2. The van der Waals surface area contributed by atoms with Gasteiger partial charge in [0.2, 0.25) is 0 Å². The summed E-state index contributed by atoms with van der Waals surface area (Å²) in [7, 11) is -0.998. The molecule has 7 heteroatoms. The van der Waals surface area contributed by atoms with Crippen LogP contribution < -0.4 is 10.2 Å². The zero-order valence-electron chi connectivity index (χ0n) is 12.2. The molecule has 6 nitrogen and oxygen atoms in total. The van der Waals surface area contributed by atoms with Crippen LogP contribution in [0.5, 0.6) is 0 Å². The molecule has 0 spiro atoms. The van der Waals surface area contributed by atoms with Gasteiger partial charge in [-0.2, -0.15) is 0 Å². The molecule has 112 valence electrons. The molecule has 1 fully saturated rings. The Morgan fingerprint density at radius 3 is 2.80 bits per heavy atom. The van der Waals surface area contributed by atoms with E-state index in [9.17, 15) is 8.42 Å².